The van der Waals surface area contributed by atoms with Crippen molar-refractivity contribution < 1.29 is 5.11 Å². The van der Waals surface area contributed by atoms with Crippen LogP contribution < -0.4 is 5.01 Å². The molecule has 136 valence electrons. The van der Waals surface area contributed by atoms with Crippen LogP contribution in [-0.2, 0) is 0 Å². The van der Waals surface area contributed by atoms with Crippen LogP contribution in [0.4, 0.5) is 0 Å². The Morgan fingerprint density at radius 3 is 2.88 bits per heavy atom. The molecule has 0 aliphatic carbocycles. The summed E-state index contributed by atoms with van der Waals surface area (Å²) in [5, 5.41) is 22.5. The van der Waals surface area contributed by atoms with E-state index >= 15 is 0 Å². The van der Waals surface area contributed by atoms with E-state index in [0.717, 1.165) is 48.0 Å². The summed E-state index contributed by atoms with van der Waals surface area (Å²) in [6.07, 6.45) is 5.69. The molecule has 0 spiro atoms. The maximum absolute atomic E-state index is 10.3. The summed E-state index contributed by atoms with van der Waals surface area (Å²) < 4.78 is 4.10. The highest BCUT2D eigenvalue weighted by atomic mass is 127. The molecule has 1 saturated heterocycles. The maximum Gasteiger partial charge on any atom is 0.157 e. The normalized spacial score (nSPS) is 17.1. The summed E-state index contributed by atoms with van der Waals surface area (Å²) in [4.78, 5) is 9.23. The Bertz CT molecular complexity index is 983. The van der Waals surface area contributed by atoms with Gasteiger partial charge in [0.05, 0.1) is 12.3 Å². The van der Waals surface area contributed by atoms with Crippen molar-refractivity contribution in [3.63, 3.8) is 0 Å². The van der Waals surface area contributed by atoms with E-state index in [0.29, 0.717) is 18.2 Å². The second-order valence-electron chi connectivity index (χ2n) is 6.66. The summed E-state index contributed by atoms with van der Waals surface area (Å²) in [5.41, 5.74) is 2.69. The Labute approximate surface area is 167 Å². The molecule has 0 bridgehead atoms. The van der Waals surface area contributed by atoms with E-state index in [4.69, 9.17) is 5.26 Å². The number of aliphatic hydroxyl groups is 1. The van der Waals surface area contributed by atoms with Gasteiger partial charge in [-0.15, -0.1) is 0 Å². The number of nitriles is 1. The quantitative estimate of drug-likeness (QED) is 0.573. The Morgan fingerprint density at radius 2 is 2.23 bits per heavy atom. The fraction of sp³-hybridized carbons (Fsp3) is 0.471. The van der Waals surface area contributed by atoms with E-state index in [1.165, 1.54) is 0 Å². The first kappa shape index (κ1) is 17.9. The number of hydrogen-bond acceptors (Lipinski definition) is 6. The largest absolute Gasteiger partial charge is 0.385 e. The molecule has 4 rings (SSSR count). The molecule has 4 heterocycles. The number of piperidine rings is 1. The van der Waals surface area contributed by atoms with Crippen LogP contribution >= 0.6 is 30.3 Å². The van der Waals surface area contributed by atoms with Crippen molar-refractivity contribution in [1.82, 2.24) is 18.6 Å². The molecule has 1 fully saturated rings. The maximum atomic E-state index is 10.3. The molecule has 0 unspecified atom stereocenters. The third-order valence-electron chi connectivity index (χ3n) is 5.00. The summed E-state index contributed by atoms with van der Waals surface area (Å²) in [6.45, 7) is 3.45. The number of halogens is 1. The van der Waals surface area contributed by atoms with E-state index in [2.05, 4.69) is 53.0 Å². The van der Waals surface area contributed by atoms with Crippen LogP contribution in [-0.4, -0.2) is 36.8 Å². The molecule has 0 amide bonds. The highest BCUT2D eigenvalue weighted by Gasteiger charge is 2.26. The average molecular weight is 482 g/mol. The van der Waals surface area contributed by atoms with Gasteiger partial charge in [0.2, 0.25) is 0 Å². The fourth-order valence-corrected chi connectivity index (χ4v) is 4.96. The van der Waals surface area contributed by atoms with Crippen LogP contribution in [0.2, 0.25) is 0 Å². The molecule has 3 aromatic rings. The molecule has 26 heavy (non-hydrogen) atoms. The van der Waals surface area contributed by atoms with Gasteiger partial charge in [-0.05, 0) is 31.7 Å². The Balaban J connectivity index is 1.85. The number of hydrogen-bond donors (Lipinski definition) is 1. The molecule has 0 aromatic carbocycles. The van der Waals surface area contributed by atoms with Crippen LogP contribution in [0.15, 0.2) is 18.5 Å². The minimum Gasteiger partial charge on any atom is -0.385 e. The van der Waals surface area contributed by atoms with Crippen LogP contribution in [0.3, 0.4) is 0 Å². The van der Waals surface area contributed by atoms with E-state index in [9.17, 15) is 5.11 Å². The van der Waals surface area contributed by atoms with Gasteiger partial charge < -0.3 is 10.1 Å². The number of aromatic nitrogens is 4. The topological polar surface area (TPSA) is 82.9 Å². The Hall–Kier alpha value is -1.51. The van der Waals surface area contributed by atoms with E-state index in [1.54, 1.807) is 22.2 Å². The third-order valence-corrected chi connectivity index (χ3v) is 6.72. The zero-order valence-electron chi connectivity index (χ0n) is 14.3. The smallest absolute Gasteiger partial charge is 0.157 e. The lowest BCUT2D eigenvalue weighted by Gasteiger charge is -2.35. The minimum atomic E-state index is -0.671. The number of nitrogens with zero attached hydrogens (tertiary/aromatic N) is 6. The lowest BCUT2D eigenvalue weighted by Crippen LogP contribution is -2.42. The van der Waals surface area contributed by atoms with Crippen molar-refractivity contribution in [2.24, 2.45) is 5.92 Å². The van der Waals surface area contributed by atoms with Crippen molar-refractivity contribution in [3.05, 3.63) is 24.3 Å². The van der Waals surface area contributed by atoms with Crippen molar-refractivity contribution in [3.8, 4) is 6.07 Å². The highest BCUT2D eigenvalue weighted by molar-refractivity contribution is 14.2. The molecule has 1 aliphatic rings. The van der Waals surface area contributed by atoms with Gasteiger partial charge >= 0.3 is 0 Å². The first-order chi connectivity index (χ1) is 12.6. The number of rotatable bonds is 4. The van der Waals surface area contributed by atoms with E-state index < -0.39 is 6.10 Å². The lowest BCUT2D eigenvalue weighted by molar-refractivity contribution is 0.182. The number of imidazole rings is 1. The first-order valence-electron chi connectivity index (χ1n) is 8.61. The van der Waals surface area contributed by atoms with Crippen LogP contribution in [0, 0.1) is 17.2 Å². The Kier molecular flexibility index (Phi) is 4.98. The zero-order chi connectivity index (χ0) is 18.3. The van der Waals surface area contributed by atoms with Crippen LogP contribution in [0.25, 0.3) is 22.1 Å². The Morgan fingerprint density at radius 1 is 1.46 bits per heavy atom. The van der Waals surface area contributed by atoms with Crippen LogP contribution in [0.5, 0.6) is 0 Å². The second-order valence-corrected chi connectivity index (χ2v) is 8.37. The van der Waals surface area contributed by atoms with E-state index in [-0.39, 0.29) is 0 Å². The SMILES string of the molecule is C[C@H](O)c1nc2cnc3c(ccn3SI)c2n1N1CCC(CC#N)CC1. The second kappa shape index (κ2) is 7.25. The molecule has 1 aliphatic heterocycles. The predicted molar refractivity (Wildman–Crippen MR) is 112 cm³/mol. The molecular weight excluding hydrogens is 463 g/mol. The van der Waals surface area contributed by atoms with Crippen molar-refractivity contribution in [1.29, 1.82) is 5.26 Å². The summed E-state index contributed by atoms with van der Waals surface area (Å²) in [6, 6.07) is 4.35. The van der Waals surface area contributed by atoms with Crippen molar-refractivity contribution >= 4 is 52.4 Å². The molecule has 1 atom stereocenters. The standard InChI is InChI=1S/C17H19IN6OS/c1-11(25)16-21-14-10-20-17-13(5-9-23(17)26-18)15(14)24(16)22-7-3-12(2-6-19)4-8-22/h5,9-12,25H,2-4,7-8H2,1H3/t11-/m0/s1. The van der Waals surface area contributed by atoms with Crippen molar-refractivity contribution in [2.75, 3.05) is 18.1 Å². The van der Waals surface area contributed by atoms with Gasteiger partial charge in [0.15, 0.2) is 11.5 Å². The highest BCUT2D eigenvalue weighted by Crippen LogP contribution is 2.32. The van der Waals surface area contributed by atoms with Gasteiger partial charge in [0.1, 0.15) is 17.1 Å². The number of aliphatic hydroxyl groups excluding tert-OH is 1. The lowest BCUT2D eigenvalue weighted by atomic mass is 9.95. The van der Waals surface area contributed by atoms with Gasteiger partial charge in [0, 0.05) is 61.4 Å². The van der Waals surface area contributed by atoms with Gasteiger partial charge in [-0.3, -0.25) is 3.97 Å². The zero-order valence-corrected chi connectivity index (χ0v) is 17.3. The minimum absolute atomic E-state index is 0.458. The monoisotopic (exact) mass is 482 g/mol. The molecule has 0 saturated carbocycles. The summed E-state index contributed by atoms with van der Waals surface area (Å²) in [5.74, 6) is 1.10. The fourth-order valence-electron chi connectivity index (χ4n) is 3.69. The summed E-state index contributed by atoms with van der Waals surface area (Å²) >= 11 is 2.24. The van der Waals surface area contributed by atoms with Gasteiger partial charge in [0.25, 0.3) is 0 Å². The predicted octanol–water partition coefficient (Wildman–Crippen LogP) is 3.55. The van der Waals surface area contributed by atoms with Crippen molar-refractivity contribution in [2.45, 2.75) is 32.3 Å². The molecule has 0 radical (unpaired) electrons. The molecule has 7 nitrogen and oxygen atoms in total. The van der Waals surface area contributed by atoms with Gasteiger partial charge in [-0.1, -0.05) is 0 Å². The van der Waals surface area contributed by atoms with Crippen LogP contribution in [0.1, 0.15) is 38.1 Å². The summed E-state index contributed by atoms with van der Waals surface area (Å²) in [7, 11) is 1.57. The van der Waals surface area contributed by atoms with Gasteiger partial charge in [-0.25, -0.2) is 14.6 Å². The third kappa shape index (κ3) is 2.93. The first-order valence-corrected chi connectivity index (χ1v) is 11.9. The number of pyridine rings is 1. The van der Waals surface area contributed by atoms with Gasteiger partial charge in [-0.2, -0.15) is 5.26 Å². The molecular formula is C17H19IN6OS. The molecule has 3 aromatic heterocycles. The molecule has 1 N–H and O–H groups in total. The number of fused-ring (bicyclic) bond motifs is 3. The molecule has 9 heteroatoms. The average Bonchev–Trinajstić information content (AvgIpc) is 3.23. The van der Waals surface area contributed by atoms with E-state index in [1.807, 2.05) is 10.2 Å².